The third-order valence-corrected chi connectivity index (χ3v) is 3.17. The van der Waals surface area contributed by atoms with Crippen molar-refractivity contribution in [2.45, 2.75) is 13.0 Å². The van der Waals surface area contributed by atoms with Crippen molar-refractivity contribution >= 4 is 17.2 Å². The van der Waals surface area contributed by atoms with Gasteiger partial charge in [-0.3, -0.25) is 9.59 Å². The molecule has 0 saturated heterocycles. The molecule has 0 radical (unpaired) electrons. The lowest BCUT2D eigenvalue weighted by atomic mass is 10.2. The monoisotopic (exact) mass is 249 g/mol. The van der Waals surface area contributed by atoms with Gasteiger partial charge in [0.15, 0.2) is 0 Å². The maximum atomic E-state index is 11.8. The molecule has 1 unspecified atom stereocenters. The molecule has 2 N–H and O–H groups in total. The molecule has 6 heteroatoms. The van der Waals surface area contributed by atoms with Crippen LogP contribution < -0.4 is 10.9 Å². The zero-order valence-corrected chi connectivity index (χ0v) is 9.95. The quantitative estimate of drug-likeness (QED) is 0.861. The molecule has 2 aromatic heterocycles. The standard InChI is InChI=1S/C11H11N3O2S/c1-7(11-12-4-5-17-11)14-10(16)8-2-3-9(15)13-6-8/h2-7H,1H3,(H,13,15)(H,14,16). The van der Waals surface area contributed by atoms with Crippen LogP contribution in [0, 0.1) is 0 Å². The highest BCUT2D eigenvalue weighted by molar-refractivity contribution is 7.09. The van der Waals surface area contributed by atoms with Crippen LogP contribution in [0.25, 0.3) is 0 Å². The van der Waals surface area contributed by atoms with Gasteiger partial charge in [-0.2, -0.15) is 0 Å². The smallest absolute Gasteiger partial charge is 0.253 e. The number of hydrogen-bond acceptors (Lipinski definition) is 4. The van der Waals surface area contributed by atoms with Crippen molar-refractivity contribution in [2.24, 2.45) is 0 Å². The Labute approximate surface area is 102 Å². The van der Waals surface area contributed by atoms with Gasteiger partial charge in [0.05, 0.1) is 11.6 Å². The second-order valence-electron chi connectivity index (χ2n) is 3.51. The fraction of sp³-hybridized carbons (Fsp3) is 0.182. The first-order valence-electron chi connectivity index (χ1n) is 5.06. The summed E-state index contributed by atoms with van der Waals surface area (Å²) in [6.07, 6.45) is 3.09. The number of aromatic amines is 1. The summed E-state index contributed by atoms with van der Waals surface area (Å²) in [6.45, 7) is 1.86. The van der Waals surface area contributed by atoms with Gasteiger partial charge in [-0.25, -0.2) is 4.98 Å². The Hall–Kier alpha value is -1.95. The zero-order valence-electron chi connectivity index (χ0n) is 9.14. The summed E-state index contributed by atoms with van der Waals surface area (Å²) in [5, 5.41) is 5.51. The van der Waals surface area contributed by atoms with Gasteiger partial charge in [-0.15, -0.1) is 11.3 Å². The van der Waals surface area contributed by atoms with E-state index in [1.54, 1.807) is 6.20 Å². The van der Waals surface area contributed by atoms with E-state index in [0.717, 1.165) is 5.01 Å². The Morgan fingerprint density at radius 3 is 2.94 bits per heavy atom. The van der Waals surface area contributed by atoms with Crippen LogP contribution in [0.4, 0.5) is 0 Å². The van der Waals surface area contributed by atoms with Crippen LogP contribution in [0.2, 0.25) is 0 Å². The van der Waals surface area contributed by atoms with E-state index in [0.29, 0.717) is 5.56 Å². The predicted molar refractivity (Wildman–Crippen MR) is 65.1 cm³/mol. The number of rotatable bonds is 3. The van der Waals surface area contributed by atoms with Crippen molar-refractivity contribution in [3.8, 4) is 0 Å². The first-order valence-corrected chi connectivity index (χ1v) is 5.94. The Kier molecular flexibility index (Phi) is 3.34. The van der Waals surface area contributed by atoms with Gasteiger partial charge >= 0.3 is 0 Å². The minimum atomic E-state index is -0.232. The van der Waals surface area contributed by atoms with Crippen molar-refractivity contribution in [1.82, 2.24) is 15.3 Å². The molecule has 1 atom stereocenters. The number of H-pyrrole nitrogens is 1. The molecule has 0 aromatic carbocycles. The minimum absolute atomic E-state index is 0.144. The van der Waals surface area contributed by atoms with Crippen molar-refractivity contribution in [1.29, 1.82) is 0 Å². The van der Waals surface area contributed by atoms with Crippen LogP contribution in [0.1, 0.15) is 28.3 Å². The van der Waals surface area contributed by atoms with E-state index in [9.17, 15) is 9.59 Å². The number of thiazole rings is 1. The minimum Gasteiger partial charge on any atom is -0.343 e. The lowest BCUT2D eigenvalue weighted by Crippen LogP contribution is -2.27. The van der Waals surface area contributed by atoms with Crippen LogP contribution in [0.5, 0.6) is 0 Å². The summed E-state index contributed by atoms with van der Waals surface area (Å²) in [5.41, 5.74) is 0.197. The van der Waals surface area contributed by atoms with Gasteiger partial charge in [0.2, 0.25) is 5.56 Å². The van der Waals surface area contributed by atoms with E-state index in [-0.39, 0.29) is 17.5 Å². The van der Waals surface area contributed by atoms with Gasteiger partial charge in [-0.05, 0) is 13.0 Å². The Morgan fingerprint density at radius 1 is 1.53 bits per heavy atom. The third kappa shape index (κ3) is 2.79. The molecule has 0 saturated carbocycles. The summed E-state index contributed by atoms with van der Waals surface area (Å²) >= 11 is 1.49. The van der Waals surface area contributed by atoms with Crippen molar-refractivity contribution < 1.29 is 4.79 Å². The van der Waals surface area contributed by atoms with Gasteiger partial charge in [0.25, 0.3) is 5.91 Å². The van der Waals surface area contributed by atoms with Crippen LogP contribution >= 0.6 is 11.3 Å². The summed E-state index contributed by atoms with van der Waals surface area (Å²) in [5.74, 6) is -0.232. The molecule has 0 aliphatic carbocycles. The Morgan fingerprint density at radius 2 is 2.35 bits per heavy atom. The van der Waals surface area contributed by atoms with Gasteiger partial charge in [0, 0.05) is 23.8 Å². The van der Waals surface area contributed by atoms with E-state index in [1.807, 2.05) is 12.3 Å². The molecular weight excluding hydrogens is 238 g/mol. The van der Waals surface area contributed by atoms with Gasteiger partial charge in [-0.1, -0.05) is 0 Å². The highest BCUT2D eigenvalue weighted by Gasteiger charge is 2.12. The van der Waals surface area contributed by atoms with E-state index >= 15 is 0 Å². The number of pyridine rings is 1. The normalized spacial score (nSPS) is 12.1. The summed E-state index contributed by atoms with van der Waals surface area (Å²) in [6, 6.07) is 2.67. The molecule has 0 aliphatic heterocycles. The molecule has 0 aliphatic rings. The van der Waals surface area contributed by atoms with E-state index in [4.69, 9.17) is 0 Å². The number of nitrogens with one attached hydrogen (secondary N) is 2. The van der Waals surface area contributed by atoms with Crippen LogP contribution in [-0.4, -0.2) is 15.9 Å². The molecule has 0 spiro atoms. The van der Waals surface area contributed by atoms with Crippen molar-refractivity contribution in [3.63, 3.8) is 0 Å². The number of hydrogen-bond donors (Lipinski definition) is 2. The Balaban J connectivity index is 2.07. The SMILES string of the molecule is CC(NC(=O)c1ccc(=O)[nH]c1)c1nccs1. The van der Waals surface area contributed by atoms with Crippen molar-refractivity contribution in [3.05, 3.63) is 50.8 Å². The highest BCUT2D eigenvalue weighted by atomic mass is 32.1. The van der Waals surface area contributed by atoms with E-state index < -0.39 is 0 Å². The molecule has 0 fully saturated rings. The molecule has 5 nitrogen and oxygen atoms in total. The fourth-order valence-corrected chi connectivity index (χ4v) is 1.99. The van der Waals surface area contributed by atoms with Crippen LogP contribution in [-0.2, 0) is 0 Å². The second-order valence-corrected chi connectivity index (χ2v) is 4.43. The molecule has 0 bridgehead atoms. The number of amides is 1. The molecule has 2 rings (SSSR count). The zero-order chi connectivity index (χ0) is 12.3. The predicted octanol–water partition coefficient (Wildman–Crippen LogP) is 1.32. The van der Waals surface area contributed by atoms with Crippen LogP contribution in [0.15, 0.2) is 34.7 Å². The first kappa shape index (κ1) is 11.5. The maximum absolute atomic E-state index is 11.8. The largest absolute Gasteiger partial charge is 0.343 e. The first-order chi connectivity index (χ1) is 8.16. The second kappa shape index (κ2) is 4.92. The Bertz CT molecular complexity index is 542. The van der Waals surface area contributed by atoms with Crippen molar-refractivity contribution in [2.75, 3.05) is 0 Å². The number of nitrogens with zero attached hydrogens (tertiary/aromatic N) is 1. The van der Waals surface area contributed by atoms with Crippen LogP contribution in [0.3, 0.4) is 0 Å². The molecule has 2 aromatic rings. The number of carbonyl (C=O) groups excluding carboxylic acids is 1. The summed E-state index contributed by atoms with van der Waals surface area (Å²) < 4.78 is 0. The number of aromatic nitrogens is 2. The summed E-state index contributed by atoms with van der Waals surface area (Å²) in [4.78, 5) is 29.2. The highest BCUT2D eigenvalue weighted by Crippen LogP contribution is 2.14. The van der Waals surface area contributed by atoms with E-state index in [2.05, 4.69) is 15.3 Å². The number of carbonyl (C=O) groups is 1. The summed E-state index contributed by atoms with van der Waals surface area (Å²) in [7, 11) is 0. The fourth-order valence-electron chi connectivity index (χ4n) is 1.34. The van der Waals surface area contributed by atoms with E-state index in [1.165, 1.54) is 29.7 Å². The van der Waals surface area contributed by atoms with Gasteiger partial charge in [0.1, 0.15) is 5.01 Å². The molecule has 1 amide bonds. The third-order valence-electron chi connectivity index (χ3n) is 2.22. The average molecular weight is 249 g/mol. The topological polar surface area (TPSA) is 74.8 Å². The average Bonchev–Trinajstić information content (AvgIpc) is 2.83. The maximum Gasteiger partial charge on any atom is 0.253 e. The lowest BCUT2D eigenvalue weighted by Gasteiger charge is -2.10. The molecule has 88 valence electrons. The molecular formula is C11H11N3O2S. The molecule has 17 heavy (non-hydrogen) atoms. The lowest BCUT2D eigenvalue weighted by molar-refractivity contribution is 0.0939. The molecule has 2 heterocycles. The van der Waals surface area contributed by atoms with Gasteiger partial charge < -0.3 is 10.3 Å².